The van der Waals surface area contributed by atoms with Crippen LogP contribution in [0.25, 0.3) is 0 Å². The quantitative estimate of drug-likeness (QED) is 0.655. The van der Waals surface area contributed by atoms with Gasteiger partial charge in [-0.3, -0.25) is 0 Å². The first-order valence-corrected chi connectivity index (χ1v) is 8.29. The Morgan fingerprint density at radius 1 is 1.24 bits per heavy atom. The zero-order valence-electron chi connectivity index (χ0n) is 13.2. The van der Waals surface area contributed by atoms with Gasteiger partial charge in [0.1, 0.15) is 0 Å². The highest BCUT2D eigenvalue weighted by Crippen LogP contribution is 2.31. The molecule has 0 heterocycles. The van der Waals surface area contributed by atoms with E-state index in [1.54, 1.807) is 0 Å². The van der Waals surface area contributed by atoms with Crippen LogP contribution in [0.3, 0.4) is 0 Å². The number of halogens is 2. The van der Waals surface area contributed by atoms with Crippen molar-refractivity contribution in [1.29, 1.82) is 0 Å². The highest BCUT2D eigenvalue weighted by atomic mass is 35.5. The summed E-state index contributed by atoms with van der Waals surface area (Å²) >= 11 is 12.5. The molecule has 0 amide bonds. The van der Waals surface area contributed by atoms with Crippen molar-refractivity contribution < 1.29 is 4.74 Å². The van der Waals surface area contributed by atoms with E-state index in [1.165, 1.54) is 0 Å². The fourth-order valence-electron chi connectivity index (χ4n) is 2.23. The molecule has 1 aromatic carbocycles. The topological polar surface area (TPSA) is 24.5 Å². The largest absolute Gasteiger partial charge is 0.380 e. The predicted octanol–water partition coefficient (Wildman–Crippen LogP) is 4.00. The molecule has 0 fully saturated rings. The standard InChI is InChI=1S/C16H26Cl2N2O/c1-4-19-15(9-10-20(3)11-12-21-5-2)13-7-6-8-14(17)16(13)18/h6-8,15,19H,4-5,9-12H2,1-3H3. The molecule has 0 radical (unpaired) electrons. The average Bonchev–Trinajstić information content (AvgIpc) is 2.47. The molecule has 0 aliphatic rings. The van der Waals surface area contributed by atoms with E-state index in [-0.39, 0.29) is 6.04 Å². The van der Waals surface area contributed by atoms with Crippen LogP contribution in [0.1, 0.15) is 31.9 Å². The summed E-state index contributed by atoms with van der Waals surface area (Å²) in [5.41, 5.74) is 1.07. The Labute approximate surface area is 138 Å². The van der Waals surface area contributed by atoms with Crippen molar-refractivity contribution in [2.75, 3.05) is 39.9 Å². The van der Waals surface area contributed by atoms with Gasteiger partial charge in [-0.05, 0) is 45.1 Å². The van der Waals surface area contributed by atoms with Crippen molar-refractivity contribution in [2.24, 2.45) is 0 Å². The van der Waals surface area contributed by atoms with Gasteiger partial charge >= 0.3 is 0 Å². The molecule has 1 N–H and O–H groups in total. The number of nitrogens with zero attached hydrogens (tertiary/aromatic N) is 1. The Balaban J connectivity index is 2.59. The molecule has 0 bridgehead atoms. The normalized spacial score (nSPS) is 12.9. The van der Waals surface area contributed by atoms with Gasteiger partial charge in [-0.2, -0.15) is 0 Å². The third-order valence-electron chi connectivity index (χ3n) is 3.43. The molecule has 1 aromatic rings. The summed E-state index contributed by atoms with van der Waals surface area (Å²) in [6.45, 7) is 8.48. The minimum absolute atomic E-state index is 0.218. The fourth-order valence-corrected chi connectivity index (χ4v) is 2.67. The van der Waals surface area contributed by atoms with Crippen LogP contribution in [0, 0.1) is 0 Å². The van der Waals surface area contributed by atoms with E-state index < -0.39 is 0 Å². The summed E-state index contributed by atoms with van der Waals surface area (Å²) in [5, 5.41) is 4.76. The number of rotatable bonds is 10. The maximum Gasteiger partial charge on any atom is 0.0640 e. The van der Waals surface area contributed by atoms with Gasteiger partial charge in [0, 0.05) is 19.2 Å². The molecule has 1 atom stereocenters. The van der Waals surface area contributed by atoms with Gasteiger partial charge in [-0.25, -0.2) is 0 Å². The van der Waals surface area contributed by atoms with E-state index in [0.29, 0.717) is 10.0 Å². The van der Waals surface area contributed by atoms with Crippen molar-refractivity contribution >= 4 is 23.2 Å². The van der Waals surface area contributed by atoms with Crippen LogP contribution in [0.5, 0.6) is 0 Å². The van der Waals surface area contributed by atoms with Gasteiger partial charge in [0.2, 0.25) is 0 Å². The van der Waals surface area contributed by atoms with Crippen LogP contribution in [0.15, 0.2) is 18.2 Å². The fraction of sp³-hybridized carbons (Fsp3) is 0.625. The number of nitrogens with one attached hydrogen (secondary N) is 1. The molecule has 0 saturated heterocycles. The molecule has 0 saturated carbocycles. The Hall–Kier alpha value is -0.320. The highest BCUT2D eigenvalue weighted by Gasteiger charge is 2.16. The van der Waals surface area contributed by atoms with E-state index >= 15 is 0 Å². The van der Waals surface area contributed by atoms with Gasteiger partial charge in [0.15, 0.2) is 0 Å². The number of ether oxygens (including phenoxy) is 1. The van der Waals surface area contributed by atoms with Crippen LogP contribution in [-0.2, 0) is 4.74 Å². The molecule has 21 heavy (non-hydrogen) atoms. The van der Waals surface area contributed by atoms with Crippen LogP contribution in [-0.4, -0.2) is 44.8 Å². The first kappa shape index (κ1) is 18.7. The third-order valence-corrected chi connectivity index (χ3v) is 4.26. The first-order valence-electron chi connectivity index (χ1n) is 7.53. The van der Waals surface area contributed by atoms with Gasteiger partial charge < -0.3 is 15.0 Å². The van der Waals surface area contributed by atoms with E-state index in [4.69, 9.17) is 27.9 Å². The molecule has 3 nitrogen and oxygen atoms in total. The number of hydrogen-bond acceptors (Lipinski definition) is 3. The summed E-state index contributed by atoms with van der Waals surface area (Å²) in [6.07, 6.45) is 0.983. The Bertz CT molecular complexity index is 415. The summed E-state index contributed by atoms with van der Waals surface area (Å²) < 4.78 is 5.38. The third kappa shape index (κ3) is 6.54. The lowest BCUT2D eigenvalue weighted by molar-refractivity contribution is 0.121. The summed E-state index contributed by atoms with van der Waals surface area (Å²) in [5.74, 6) is 0. The van der Waals surface area contributed by atoms with Crippen LogP contribution in [0.4, 0.5) is 0 Å². The van der Waals surface area contributed by atoms with Crippen molar-refractivity contribution in [1.82, 2.24) is 10.2 Å². The lowest BCUT2D eigenvalue weighted by Crippen LogP contribution is -2.29. The second-order valence-electron chi connectivity index (χ2n) is 5.04. The second-order valence-corrected chi connectivity index (χ2v) is 5.83. The minimum Gasteiger partial charge on any atom is -0.380 e. The van der Waals surface area contributed by atoms with Gasteiger partial charge in [0.05, 0.1) is 16.7 Å². The second kappa shape index (κ2) is 10.4. The van der Waals surface area contributed by atoms with Crippen molar-refractivity contribution in [3.8, 4) is 0 Å². The van der Waals surface area contributed by atoms with E-state index in [2.05, 4.69) is 24.2 Å². The zero-order valence-corrected chi connectivity index (χ0v) is 14.7. The molecule has 0 aromatic heterocycles. The molecule has 1 rings (SSSR count). The van der Waals surface area contributed by atoms with Crippen molar-refractivity contribution in [3.05, 3.63) is 33.8 Å². The van der Waals surface area contributed by atoms with Crippen molar-refractivity contribution in [3.63, 3.8) is 0 Å². The Kier molecular flexibility index (Phi) is 9.29. The summed E-state index contributed by atoms with van der Waals surface area (Å²) in [4.78, 5) is 2.28. The van der Waals surface area contributed by atoms with Gasteiger partial charge in [0.25, 0.3) is 0 Å². The van der Waals surface area contributed by atoms with Crippen LogP contribution >= 0.6 is 23.2 Å². The zero-order chi connectivity index (χ0) is 15.7. The summed E-state index contributed by atoms with van der Waals surface area (Å²) in [7, 11) is 2.11. The van der Waals surface area contributed by atoms with Crippen LogP contribution in [0.2, 0.25) is 10.0 Å². The molecule has 0 aliphatic carbocycles. The minimum atomic E-state index is 0.218. The SMILES string of the molecule is CCNC(CCN(C)CCOCC)c1cccc(Cl)c1Cl. The molecule has 120 valence electrons. The molecule has 0 spiro atoms. The Morgan fingerprint density at radius 3 is 2.67 bits per heavy atom. The van der Waals surface area contributed by atoms with Gasteiger partial charge in [-0.15, -0.1) is 0 Å². The predicted molar refractivity (Wildman–Crippen MR) is 91.5 cm³/mol. The van der Waals surface area contributed by atoms with Crippen LogP contribution < -0.4 is 5.32 Å². The number of benzene rings is 1. The maximum absolute atomic E-state index is 6.34. The first-order chi connectivity index (χ1) is 10.1. The lowest BCUT2D eigenvalue weighted by Gasteiger charge is -2.23. The smallest absolute Gasteiger partial charge is 0.0640 e. The maximum atomic E-state index is 6.34. The average molecular weight is 333 g/mol. The van der Waals surface area contributed by atoms with E-state index in [0.717, 1.165) is 44.8 Å². The molecule has 5 heteroatoms. The number of likely N-dealkylation sites (N-methyl/N-ethyl adjacent to an activating group) is 1. The molecule has 0 aliphatic heterocycles. The lowest BCUT2D eigenvalue weighted by atomic mass is 10.0. The van der Waals surface area contributed by atoms with Crippen molar-refractivity contribution in [2.45, 2.75) is 26.3 Å². The highest BCUT2D eigenvalue weighted by molar-refractivity contribution is 6.42. The number of hydrogen-bond donors (Lipinski definition) is 1. The Morgan fingerprint density at radius 2 is 2.00 bits per heavy atom. The molecular formula is C16H26Cl2N2O. The van der Waals surface area contributed by atoms with E-state index in [1.807, 2.05) is 25.1 Å². The summed E-state index contributed by atoms with van der Waals surface area (Å²) in [6, 6.07) is 6.04. The van der Waals surface area contributed by atoms with Gasteiger partial charge in [-0.1, -0.05) is 42.3 Å². The molecule has 1 unspecified atom stereocenters. The van der Waals surface area contributed by atoms with E-state index in [9.17, 15) is 0 Å². The molecular weight excluding hydrogens is 307 g/mol. The monoisotopic (exact) mass is 332 g/mol.